The molecule has 17 heavy (non-hydrogen) atoms. The number of aliphatic hydroxyl groups excluding tert-OH is 1. The quantitative estimate of drug-likeness (QED) is 0.844. The molecule has 1 rings (SSSR count). The lowest BCUT2D eigenvalue weighted by Gasteiger charge is -2.17. The molecule has 1 heterocycles. The van der Waals surface area contributed by atoms with Gasteiger partial charge in [-0.15, -0.1) is 0 Å². The van der Waals surface area contributed by atoms with Crippen LogP contribution in [0.15, 0.2) is 4.52 Å². The zero-order valence-corrected chi connectivity index (χ0v) is 10.9. The number of aryl methyl sites for hydroxylation is 2. The maximum atomic E-state index is 12.2. The van der Waals surface area contributed by atoms with Crippen LogP contribution in [-0.4, -0.2) is 40.8 Å². The van der Waals surface area contributed by atoms with Crippen LogP contribution in [0.2, 0.25) is 0 Å². The third-order valence-electron chi connectivity index (χ3n) is 2.71. The summed E-state index contributed by atoms with van der Waals surface area (Å²) in [5, 5.41) is 13.1. The molecule has 0 bridgehead atoms. The molecule has 0 spiro atoms. The minimum absolute atomic E-state index is 0.0961. The maximum absolute atomic E-state index is 12.2. The first kappa shape index (κ1) is 13.7. The second kappa shape index (κ2) is 5.82. The average molecular weight is 240 g/mol. The number of aromatic nitrogens is 1. The zero-order valence-electron chi connectivity index (χ0n) is 10.9. The molecular formula is C12H20N2O3. The molecule has 0 radical (unpaired) electrons. The number of nitrogens with zero attached hydrogens (tertiary/aromatic N) is 2. The standard InChI is InChI=1S/C12H20N2O3/c1-5-10-11(9(3)17-13-10)12(16)14(4)7-6-8(2)15/h8,15H,5-7H2,1-4H3. The highest BCUT2D eigenvalue weighted by Gasteiger charge is 2.22. The van der Waals surface area contributed by atoms with Gasteiger partial charge in [0.1, 0.15) is 11.3 Å². The molecule has 1 amide bonds. The van der Waals surface area contributed by atoms with Gasteiger partial charge < -0.3 is 14.5 Å². The highest BCUT2D eigenvalue weighted by molar-refractivity contribution is 5.96. The van der Waals surface area contributed by atoms with Crippen LogP contribution in [-0.2, 0) is 6.42 Å². The molecule has 5 heteroatoms. The van der Waals surface area contributed by atoms with Crippen molar-refractivity contribution in [1.29, 1.82) is 0 Å². The summed E-state index contributed by atoms with van der Waals surface area (Å²) in [7, 11) is 1.72. The number of hydrogen-bond acceptors (Lipinski definition) is 4. The highest BCUT2D eigenvalue weighted by atomic mass is 16.5. The fraction of sp³-hybridized carbons (Fsp3) is 0.667. The number of aliphatic hydroxyl groups is 1. The van der Waals surface area contributed by atoms with E-state index in [2.05, 4.69) is 5.16 Å². The Morgan fingerprint density at radius 3 is 2.76 bits per heavy atom. The average Bonchev–Trinajstić information content (AvgIpc) is 2.66. The van der Waals surface area contributed by atoms with E-state index in [1.54, 1.807) is 25.8 Å². The number of hydrogen-bond donors (Lipinski definition) is 1. The minimum Gasteiger partial charge on any atom is -0.393 e. The maximum Gasteiger partial charge on any atom is 0.259 e. The lowest BCUT2D eigenvalue weighted by Crippen LogP contribution is -2.30. The molecular weight excluding hydrogens is 220 g/mol. The normalized spacial score (nSPS) is 12.5. The van der Waals surface area contributed by atoms with Crippen LogP contribution in [0.25, 0.3) is 0 Å². The van der Waals surface area contributed by atoms with Crippen LogP contribution in [0, 0.1) is 6.92 Å². The van der Waals surface area contributed by atoms with Gasteiger partial charge in [0.25, 0.3) is 5.91 Å². The van der Waals surface area contributed by atoms with Crippen molar-refractivity contribution >= 4 is 5.91 Å². The summed E-state index contributed by atoms with van der Waals surface area (Å²) >= 11 is 0. The van der Waals surface area contributed by atoms with Crippen LogP contribution in [0.3, 0.4) is 0 Å². The second-order valence-corrected chi connectivity index (χ2v) is 4.28. The van der Waals surface area contributed by atoms with E-state index in [0.717, 1.165) is 0 Å². The Morgan fingerprint density at radius 2 is 2.24 bits per heavy atom. The predicted molar refractivity (Wildman–Crippen MR) is 63.9 cm³/mol. The van der Waals surface area contributed by atoms with E-state index in [0.29, 0.717) is 36.4 Å². The number of amides is 1. The van der Waals surface area contributed by atoms with E-state index >= 15 is 0 Å². The monoisotopic (exact) mass is 240 g/mol. The fourth-order valence-corrected chi connectivity index (χ4v) is 1.61. The fourth-order valence-electron chi connectivity index (χ4n) is 1.61. The van der Waals surface area contributed by atoms with Crippen LogP contribution >= 0.6 is 0 Å². The number of rotatable bonds is 5. The van der Waals surface area contributed by atoms with E-state index in [4.69, 9.17) is 4.52 Å². The summed E-state index contributed by atoms with van der Waals surface area (Å²) in [5.41, 5.74) is 1.25. The first-order valence-electron chi connectivity index (χ1n) is 5.86. The second-order valence-electron chi connectivity index (χ2n) is 4.28. The third-order valence-corrected chi connectivity index (χ3v) is 2.71. The molecule has 1 aromatic heterocycles. The van der Waals surface area contributed by atoms with Gasteiger partial charge in [-0.1, -0.05) is 12.1 Å². The number of carbonyl (C=O) groups excluding carboxylic acids is 1. The van der Waals surface area contributed by atoms with Gasteiger partial charge >= 0.3 is 0 Å². The van der Waals surface area contributed by atoms with Gasteiger partial charge in [0, 0.05) is 13.6 Å². The van der Waals surface area contributed by atoms with Crippen molar-refractivity contribution in [2.45, 2.75) is 39.7 Å². The first-order valence-corrected chi connectivity index (χ1v) is 5.86. The van der Waals surface area contributed by atoms with Crippen LogP contribution in [0.5, 0.6) is 0 Å². The third kappa shape index (κ3) is 3.30. The van der Waals surface area contributed by atoms with E-state index in [1.807, 2.05) is 6.92 Å². The summed E-state index contributed by atoms with van der Waals surface area (Å²) in [6.07, 6.45) is 0.830. The Morgan fingerprint density at radius 1 is 1.59 bits per heavy atom. The van der Waals surface area contributed by atoms with E-state index < -0.39 is 6.10 Å². The van der Waals surface area contributed by atoms with E-state index in [1.165, 1.54) is 0 Å². The smallest absolute Gasteiger partial charge is 0.259 e. The van der Waals surface area contributed by atoms with E-state index in [9.17, 15) is 9.90 Å². The Kier molecular flexibility index (Phi) is 4.69. The van der Waals surface area contributed by atoms with Crippen molar-refractivity contribution in [1.82, 2.24) is 10.1 Å². The Hall–Kier alpha value is -1.36. The van der Waals surface area contributed by atoms with Crippen molar-refractivity contribution < 1.29 is 14.4 Å². The molecule has 1 aromatic rings. The molecule has 0 aliphatic carbocycles. The summed E-state index contributed by atoms with van der Waals surface area (Å²) < 4.78 is 5.04. The SMILES string of the molecule is CCc1noc(C)c1C(=O)N(C)CCC(C)O. The van der Waals surface area contributed by atoms with Crippen molar-refractivity contribution in [2.24, 2.45) is 0 Å². The van der Waals surface area contributed by atoms with Crippen molar-refractivity contribution in [2.75, 3.05) is 13.6 Å². The molecule has 0 aliphatic rings. The summed E-state index contributed by atoms with van der Waals surface area (Å²) in [6.45, 7) is 5.90. The van der Waals surface area contributed by atoms with Gasteiger partial charge in [0.2, 0.25) is 0 Å². The highest BCUT2D eigenvalue weighted by Crippen LogP contribution is 2.16. The minimum atomic E-state index is -0.403. The van der Waals surface area contributed by atoms with Crippen molar-refractivity contribution in [3.05, 3.63) is 17.0 Å². The molecule has 0 saturated carbocycles. The summed E-state index contributed by atoms with van der Waals surface area (Å²) in [4.78, 5) is 13.8. The molecule has 5 nitrogen and oxygen atoms in total. The molecule has 0 aliphatic heterocycles. The molecule has 0 saturated heterocycles. The topological polar surface area (TPSA) is 66.6 Å². The molecule has 0 aromatic carbocycles. The Labute approximate surface area is 101 Å². The van der Waals surface area contributed by atoms with Crippen molar-refractivity contribution in [3.8, 4) is 0 Å². The Balaban J connectivity index is 2.77. The van der Waals surface area contributed by atoms with Crippen LogP contribution < -0.4 is 0 Å². The molecule has 1 unspecified atom stereocenters. The van der Waals surface area contributed by atoms with Gasteiger partial charge in [-0.25, -0.2) is 0 Å². The lowest BCUT2D eigenvalue weighted by atomic mass is 10.1. The lowest BCUT2D eigenvalue weighted by molar-refractivity contribution is 0.0766. The van der Waals surface area contributed by atoms with E-state index in [-0.39, 0.29) is 5.91 Å². The van der Waals surface area contributed by atoms with Crippen LogP contribution in [0.4, 0.5) is 0 Å². The molecule has 1 atom stereocenters. The molecule has 1 N–H and O–H groups in total. The number of carbonyl (C=O) groups is 1. The summed E-state index contributed by atoms with van der Waals surface area (Å²) in [5.74, 6) is 0.456. The van der Waals surface area contributed by atoms with Gasteiger partial charge in [0.15, 0.2) is 0 Å². The van der Waals surface area contributed by atoms with Gasteiger partial charge in [-0.3, -0.25) is 4.79 Å². The van der Waals surface area contributed by atoms with Gasteiger partial charge in [0.05, 0.1) is 11.8 Å². The largest absolute Gasteiger partial charge is 0.393 e. The predicted octanol–water partition coefficient (Wildman–Crippen LogP) is 1.39. The van der Waals surface area contributed by atoms with Crippen LogP contribution in [0.1, 0.15) is 42.1 Å². The molecule has 96 valence electrons. The summed E-state index contributed by atoms with van der Waals surface area (Å²) in [6, 6.07) is 0. The Bertz CT molecular complexity index is 385. The zero-order chi connectivity index (χ0) is 13.0. The van der Waals surface area contributed by atoms with Crippen molar-refractivity contribution in [3.63, 3.8) is 0 Å². The van der Waals surface area contributed by atoms with Gasteiger partial charge in [-0.05, 0) is 26.7 Å². The molecule has 0 fully saturated rings. The first-order chi connectivity index (χ1) is 7.97. The van der Waals surface area contributed by atoms with Gasteiger partial charge in [-0.2, -0.15) is 0 Å².